The summed E-state index contributed by atoms with van der Waals surface area (Å²) in [6.45, 7) is 0.983. The Morgan fingerprint density at radius 1 is 1.13 bits per heavy atom. The maximum absolute atomic E-state index is 12.5. The van der Waals surface area contributed by atoms with Gasteiger partial charge in [-0.15, -0.1) is 0 Å². The molecule has 0 unspecified atom stereocenters. The molecule has 4 N–H and O–H groups in total. The Balaban J connectivity index is 1.73. The molecule has 1 saturated heterocycles. The molecule has 0 spiro atoms. The van der Waals surface area contributed by atoms with Crippen molar-refractivity contribution in [3.8, 4) is 0 Å². The summed E-state index contributed by atoms with van der Waals surface area (Å²) in [5.74, 6) is 0.706. The average Bonchev–Trinajstić information content (AvgIpc) is 2.93. The van der Waals surface area contributed by atoms with Crippen LogP contribution in [-0.4, -0.2) is 48.0 Å². The van der Waals surface area contributed by atoms with Gasteiger partial charge in [-0.25, -0.2) is 4.98 Å². The highest BCUT2D eigenvalue weighted by Crippen LogP contribution is 2.21. The minimum Gasteiger partial charge on any atom is -0.335 e. The van der Waals surface area contributed by atoms with E-state index in [9.17, 15) is 4.79 Å². The lowest BCUT2D eigenvalue weighted by Crippen LogP contribution is -2.39. The lowest BCUT2D eigenvalue weighted by atomic mass is 10.2. The van der Waals surface area contributed by atoms with Crippen molar-refractivity contribution in [3.05, 3.63) is 54.2 Å². The van der Waals surface area contributed by atoms with Crippen molar-refractivity contribution in [3.63, 3.8) is 0 Å². The molecule has 0 saturated carbocycles. The molecule has 0 aliphatic carbocycles. The monoisotopic (exact) mass is 311 g/mol. The van der Waals surface area contributed by atoms with E-state index in [0.717, 1.165) is 11.5 Å². The Hall–Kier alpha value is -2.44. The summed E-state index contributed by atoms with van der Waals surface area (Å²) in [7, 11) is 1.94. The van der Waals surface area contributed by atoms with Crippen LogP contribution in [-0.2, 0) is 0 Å². The fraction of sp³-hybridized carbons (Fsp3) is 0.294. The number of nitrogens with zero attached hydrogens (tertiary/aromatic N) is 3. The number of hydrogen-bond donors (Lipinski definition) is 2. The zero-order chi connectivity index (χ0) is 16.4. The van der Waals surface area contributed by atoms with Gasteiger partial charge in [0, 0.05) is 44.1 Å². The van der Waals surface area contributed by atoms with Gasteiger partial charge in [0.1, 0.15) is 5.82 Å². The third-order valence-electron chi connectivity index (χ3n) is 4.18. The summed E-state index contributed by atoms with van der Waals surface area (Å²) in [6.07, 6.45) is 1.60. The Kier molecular flexibility index (Phi) is 4.27. The normalized spacial score (nSPS) is 20.6. The first-order chi connectivity index (χ1) is 11.1. The maximum Gasteiger partial charge on any atom is 0.255 e. The first-order valence-electron chi connectivity index (χ1n) is 7.61. The Labute approximate surface area is 135 Å². The summed E-state index contributed by atoms with van der Waals surface area (Å²) in [6, 6.07) is 13.3. The number of para-hydroxylation sites is 1. The van der Waals surface area contributed by atoms with Crippen molar-refractivity contribution in [2.24, 2.45) is 11.5 Å². The molecule has 2 heterocycles. The van der Waals surface area contributed by atoms with Gasteiger partial charge in [0.25, 0.3) is 5.91 Å². The van der Waals surface area contributed by atoms with E-state index in [4.69, 9.17) is 11.5 Å². The summed E-state index contributed by atoms with van der Waals surface area (Å²) in [5.41, 5.74) is 13.3. The molecular weight excluding hydrogens is 290 g/mol. The summed E-state index contributed by atoms with van der Waals surface area (Å²) >= 11 is 0. The molecule has 1 aromatic carbocycles. The predicted octanol–water partition coefficient (Wildman–Crippen LogP) is 0.960. The standard InChI is InChI=1S/C17H21N5O/c1-21(13-5-3-2-4-6-13)16-8-7-12(9-20-16)17(23)22-10-14(18)15(19)11-22/h2-9,14-15H,10-11,18-19H2,1H3/t14-,15-/m1/s1. The van der Waals surface area contributed by atoms with E-state index in [2.05, 4.69) is 4.98 Å². The molecule has 1 aliphatic heterocycles. The smallest absolute Gasteiger partial charge is 0.255 e. The number of amides is 1. The van der Waals surface area contributed by atoms with Gasteiger partial charge >= 0.3 is 0 Å². The third-order valence-corrected chi connectivity index (χ3v) is 4.18. The van der Waals surface area contributed by atoms with Crippen LogP contribution in [0.25, 0.3) is 0 Å². The van der Waals surface area contributed by atoms with Crippen LogP contribution in [0.4, 0.5) is 11.5 Å². The Bertz CT molecular complexity index is 663. The summed E-state index contributed by atoms with van der Waals surface area (Å²) in [4.78, 5) is 20.5. The molecule has 6 nitrogen and oxygen atoms in total. The maximum atomic E-state index is 12.5. The summed E-state index contributed by atoms with van der Waals surface area (Å²) < 4.78 is 0. The number of carbonyl (C=O) groups is 1. The first kappa shape index (κ1) is 15.5. The number of nitrogens with two attached hydrogens (primary N) is 2. The molecule has 1 aromatic heterocycles. The van der Waals surface area contributed by atoms with Gasteiger partial charge in [0.05, 0.1) is 5.56 Å². The second-order valence-corrected chi connectivity index (χ2v) is 5.84. The van der Waals surface area contributed by atoms with Crippen LogP contribution in [0.3, 0.4) is 0 Å². The van der Waals surface area contributed by atoms with E-state index in [-0.39, 0.29) is 18.0 Å². The third kappa shape index (κ3) is 3.18. The Morgan fingerprint density at radius 3 is 2.35 bits per heavy atom. The van der Waals surface area contributed by atoms with Crippen molar-refractivity contribution in [1.29, 1.82) is 0 Å². The largest absolute Gasteiger partial charge is 0.335 e. The van der Waals surface area contributed by atoms with Crippen molar-refractivity contribution in [2.45, 2.75) is 12.1 Å². The van der Waals surface area contributed by atoms with E-state index in [1.165, 1.54) is 0 Å². The highest BCUT2D eigenvalue weighted by Gasteiger charge is 2.30. The topological polar surface area (TPSA) is 88.5 Å². The average molecular weight is 311 g/mol. The molecule has 2 atom stereocenters. The minimum atomic E-state index is -0.157. The number of likely N-dealkylation sites (tertiary alicyclic amines) is 1. The number of benzene rings is 1. The Morgan fingerprint density at radius 2 is 1.78 bits per heavy atom. The zero-order valence-electron chi connectivity index (χ0n) is 13.1. The van der Waals surface area contributed by atoms with E-state index in [1.807, 2.05) is 48.3 Å². The van der Waals surface area contributed by atoms with Crippen LogP contribution >= 0.6 is 0 Å². The SMILES string of the molecule is CN(c1ccccc1)c1ccc(C(=O)N2C[C@@H](N)[C@H](N)C2)cn1. The molecular formula is C17H21N5O. The minimum absolute atomic E-state index is 0.0742. The molecule has 1 fully saturated rings. The molecule has 0 bridgehead atoms. The molecule has 120 valence electrons. The molecule has 3 rings (SSSR count). The van der Waals surface area contributed by atoms with Crippen LogP contribution < -0.4 is 16.4 Å². The van der Waals surface area contributed by atoms with Gasteiger partial charge in [-0.05, 0) is 24.3 Å². The lowest BCUT2D eigenvalue weighted by molar-refractivity contribution is 0.0789. The van der Waals surface area contributed by atoms with Gasteiger partial charge in [0.15, 0.2) is 0 Å². The van der Waals surface area contributed by atoms with Crippen molar-refractivity contribution in [2.75, 3.05) is 25.0 Å². The van der Waals surface area contributed by atoms with Gasteiger partial charge in [-0.1, -0.05) is 18.2 Å². The van der Waals surface area contributed by atoms with E-state index in [1.54, 1.807) is 17.2 Å². The molecule has 2 aromatic rings. The molecule has 1 amide bonds. The van der Waals surface area contributed by atoms with Crippen LogP contribution in [0, 0.1) is 0 Å². The van der Waals surface area contributed by atoms with Gasteiger partial charge < -0.3 is 21.3 Å². The van der Waals surface area contributed by atoms with Crippen LogP contribution in [0.1, 0.15) is 10.4 Å². The highest BCUT2D eigenvalue weighted by atomic mass is 16.2. The fourth-order valence-electron chi connectivity index (χ4n) is 2.70. The number of pyridine rings is 1. The zero-order valence-corrected chi connectivity index (χ0v) is 13.1. The van der Waals surface area contributed by atoms with Crippen LogP contribution in [0.5, 0.6) is 0 Å². The summed E-state index contributed by atoms with van der Waals surface area (Å²) in [5, 5.41) is 0. The quantitative estimate of drug-likeness (QED) is 0.881. The van der Waals surface area contributed by atoms with Crippen molar-refractivity contribution in [1.82, 2.24) is 9.88 Å². The highest BCUT2D eigenvalue weighted by molar-refractivity contribution is 5.94. The molecule has 1 aliphatic rings. The van der Waals surface area contributed by atoms with Gasteiger partial charge in [-0.2, -0.15) is 0 Å². The van der Waals surface area contributed by atoms with E-state index in [0.29, 0.717) is 18.7 Å². The molecule has 0 radical (unpaired) electrons. The second-order valence-electron chi connectivity index (χ2n) is 5.84. The van der Waals surface area contributed by atoms with Gasteiger partial charge in [-0.3, -0.25) is 4.79 Å². The predicted molar refractivity (Wildman–Crippen MR) is 90.6 cm³/mol. The number of aromatic nitrogens is 1. The van der Waals surface area contributed by atoms with Gasteiger partial charge in [0.2, 0.25) is 0 Å². The lowest BCUT2D eigenvalue weighted by Gasteiger charge is -2.19. The van der Waals surface area contributed by atoms with Crippen LogP contribution in [0.15, 0.2) is 48.7 Å². The van der Waals surface area contributed by atoms with E-state index < -0.39 is 0 Å². The van der Waals surface area contributed by atoms with E-state index >= 15 is 0 Å². The van der Waals surface area contributed by atoms with Crippen LogP contribution in [0.2, 0.25) is 0 Å². The molecule has 23 heavy (non-hydrogen) atoms. The van der Waals surface area contributed by atoms with Crippen molar-refractivity contribution < 1.29 is 4.79 Å². The van der Waals surface area contributed by atoms with Crippen molar-refractivity contribution >= 4 is 17.4 Å². The number of anilines is 2. The number of carbonyl (C=O) groups excluding carboxylic acids is 1. The first-order valence-corrected chi connectivity index (χ1v) is 7.61. The number of rotatable bonds is 3. The second kappa shape index (κ2) is 6.36. The number of hydrogen-bond acceptors (Lipinski definition) is 5. The molecule has 6 heteroatoms. The fourth-order valence-corrected chi connectivity index (χ4v) is 2.70.